The Morgan fingerprint density at radius 2 is 1.90 bits per heavy atom. The van der Waals surface area contributed by atoms with Crippen molar-refractivity contribution in [3.63, 3.8) is 0 Å². The molecule has 2 aromatic rings. The molecule has 2 aliphatic rings. The summed E-state index contributed by atoms with van der Waals surface area (Å²) in [6, 6.07) is 6.09. The molecule has 1 saturated heterocycles. The maximum Gasteiger partial charge on any atom is 0.153 e. The molecule has 5 heteroatoms. The molecule has 1 N–H and O–H groups in total. The van der Waals surface area contributed by atoms with Gasteiger partial charge >= 0.3 is 0 Å². The first-order chi connectivity index (χ1) is 9.90. The average molecular weight is 269 g/mol. The van der Waals surface area contributed by atoms with Crippen LogP contribution in [0, 0.1) is 0 Å². The lowest BCUT2D eigenvalue weighted by atomic mass is 9.96. The number of nitrogens with zero attached hydrogens (tertiary/aromatic N) is 4. The maximum atomic E-state index is 4.69. The Hall–Kier alpha value is -1.91. The van der Waals surface area contributed by atoms with Crippen molar-refractivity contribution in [2.75, 3.05) is 18.0 Å². The average Bonchev–Trinajstić information content (AvgIpc) is 3.26. The monoisotopic (exact) mass is 269 g/mol. The van der Waals surface area contributed by atoms with Crippen LogP contribution in [0.1, 0.15) is 49.2 Å². The highest BCUT2D eigenvalue weighted by molar-refractivity contribution is 5.38. The van der Waals surface area contributed by atoms with Gasteiger partial charge in [-0.25, -0.2) is 9.97 Å². The van der Waals surface area contributed by atoms with Gasteiger partial charge in [0.25, 0.3) is 0 Å². The molecule has 2 aromatic heterocycles. The summed E-state index contributed by atoms with van der Waals surface area (Å²) in [5, 5.41) is 7.52. The van der Waals surface area contributed by atoms with E-state index in [-0.39, 0.29) is 0 Å². The van der Waals surface area contributed by atoms with Crippen LogP contribution in [-0.2, 0) is 0 Å². The van der Waals surface area contributed by atoms with Crippen LogP contribution in [0.3, 0.4) is 0 Å². The highest BCUT2D eigenvalue weighted by Crippen LogP contribution is 2.38. The quantitative estimate of drug-likeness (QED) is 0.930. The van der Waals surface area contributed by atoms with Gasteiger partial charge in [-0.3, -0.25) is 5.10 Å². The number of aromatic amines is 1. The number of nitrogens with one attached hydrogen (secondary N) is 1. The number of hydrogen-bond donors (Lipinski definition) is 1. The van der Waals surface area contributed by atoms with E-state index in [2.05, 4.69) is 26.1 Å². The lowest BCUT2D eigenvalue weighted by Gasteiger charge is -2.31. The van der Waals surface area contributed by atoms with Gasteiger partial charge in [-0.1, -0.05) is 6.07 Å². The Kier molecular flexibility index (Phi) is 2.90. The Balaban J connectivity index is 1.41. The van der Waals surface area contributed by atoms with Gasteiger partial charge in [0.15, 0.2) is 5.82 Å². The van der Waals surface area contributed by atoms with Crippen LogP contribution < -0.4 is 4.90 Å². The number of hydrogen-bond acceptors (Lipinski definition) is 4. The maximum absolute atomic E-state index is 4.69. The minimum absolute atomic E-state index is 0.523. The zero-order valence-corrected chi connectivity index (χ0v) is 11.5. The fourth-order valence-electron chi connectivity index (χ4n) is 2.92. The van der Waals surface area contributed by atoms with Crippen molar-refractivity contribution >= 4 is 5.82 Å². The van der Waals surface area contributed by atoms with Crippen LogP contribution >= 0.6 is 0 Å². The molecule has 0 atom stereocenters. The van der Waals surface area contributed by atoms with Gasteiger partial charge in [-0.15, -0.1) is 0 Å². The summed E-state index contributed by atoms with van der Waals surface area (Å²) >= 11 is 0. The molecule has 20 heavy (non-hydrogen) atoms. The molecular weight excluding hydrogens is 250 g/mol. The van der Waals surface area contributed by atoms with Gasteiger partial charge in [-0.05, 0) is 37.8 Å². The molecule has 0 bridgehead atoms. The lowest BCUT2D eigenvalue weighted by Crippen LogP contribution is -2.33. The second kappa shape index (κ2) is 4.89. The molecule has 1 aliphatic heterocycles. The Labute approximate surface area is 118 Å². The molecule has 0 amide bonds. The Morgan fingerprint density at radius 3 is 2.60 bits per heavy atom. The van der Waals surface area contributed by atoms with E-state index in [4.69, 9.17) is 4.98 Å². The number of rotatable bonds is 3. The molecule has 104 valence electrons. The minimum atomic E-state index is 0.523. The van der Waals surface area contributed by atoms with E-state index in [0.717, 1.165) is 43.4 Å². The molecule has 3 heterocycles. The van der Waals surface area contributed by atoms with E-state index < -0.39 is 0 Å². The van der Waals surface area contributed by atoms with Crippen molar-refractivity contribution in [2.24, 2.45) is 0 Å². The molecule has 0 unspecified atom stereocenters. The largest absolute Gasteiger partial charge is 0.357 e. The fraction of sp³-hybridized carbons (Fsp3) is 0.533. The Bertz CT molecular complexity index is 567. The normalized spacial score (nSPS) is 20.3. The summed E-state index contributed by atoms with van der Waals surface area (Å²) in [4.78, 5) is 11.5. The molecular formula is C15H19N5. The van der Waals surface area contributed by atoms with Crippen molar-refractivity contribution in [1.29, 1.82) is 0 Å². The van der Waals surface area contributed by atoms with E-state index >= 15 is 0 Å². The van der Waals surface area contributed by atoms with Crippen LogP contribution in [-0.4, -0.2) is 33.3 Å². The van der Waals surface area contributed by atoms with Crippen molar-refractivity contribution < 1.29 is 0 Å². The predicted octanol–water partition coefficient (Wildman–Crippen LogP) is 2.46. The van der Waals surface area contributed by atoms with E-state index in [9.17, 15) is 0 Å². The third kappa shape index (κ3) is 2.28. The Morgan fingerprint density at radius 1 is 1.05 bits per heavy atom. The van der Waals surface area contributed by atoms with Crippen LogP contribution in [0.2, 0.25) is 0 Å². The molecule has 4 rings (SSSR count). The molecule has 0 aromatic carbocycles. The first-order valence-electron chi connectivity index (χ1n) is 7.48. The summed E-state index contributed by atoms with van der Waals surface area (Å²) in [7, 11) is 0. The van der Waals surface area contributed by atoms with Crippen LogP contribution in [0.5, 0.6) is 0 Å². The van der Waals surface area contributed by atoms with Gasteiger partial charge in [0.05, 0.1) is 0 Å². The smallest absolute Gasteiger partial charge is 0.153 e. The third-order valence-electron chi connectivity index (χ3n) is 4.32. The summed E-state index contributed by atoms with van der Waals surface area (Å²) in [6.45, 7) is 2.09. The van der Waals surface area contributed by atoms with E-state index in [1.54, 1.807) is 0 Å². The van der Waals surface area contributed by atoms with Gasteiger partial charge < -0.3 is 4.90 Å². The van der Waals surface area contributed by atoms with E-state index in [1.807, 2.05) is 18.3 Å². The molecule has 5 nitrogen and oxygen atoms in total. The molecule has 1 aliphatic carbocycles. The van der Waals surface area contributed by atoms with Crippen LogP contribution in [0.25, 0.3) is 0 Å². The summed E-state index contributed by atoms with van der Waals surface area (Å²) in [5.41, 5.74) is 0. The second-order valence-corrected chi connectivity index (χ2v) is 5.80. The summed E-state index contributed by atoms with van der Waals surface area (Å²) in [5.74, 6) is 4.37. The highest BCUT2D eigenvalue weighted by atomic mass is 15.2. The first kappa shape index (κ1) is 11.9. The number of pyridine rings is 1. The summed E-state index contributed by atoms with van der Waals surface area (Å²) < 4.78 is 0. The zero-order valence-electron chi connectivity index (χ0n) is 11.5. The molecule has 0 spiro atoms. The lowest BCUT2D eigenvalue weighted by molar-refractivity contribution is 0.484. The molecule has 1 saturated carbocycles. The van der Waals surface area contributed by atoms with E-state index in [0.29, 0.717) is 11.8 Å². The van der Waals surface area contributed by atoms with Crippen molar-refractivity contribution in [2.45, 2.75) is 37.5 Å². The summed E-state index contributed by atoms with van der Waals surface area (Å²) in [6.07, 6.45) is 6.62. The number of anilines is 1. The number of H-pyrrole nitrogens is 1. The van der Waals surface area contributed by atoms with Crippen molar-refractivity contribution in [1.82, 2.24) is 20.2 Å². The topological polar surface area (TPSA) is 57.7 Å². The van der Waals surface area contributed by atoms with E-state index in [1.165, 1.54) is 12.8 Å². The number of aromatic nitrogens is 4. The highest BCUT2D eigenvalue weighted by Gasteiger charge is 2.30. The van der Waals surface area contributed by atoms with Crippen molar-refractivity contribution in [3.05, 3.63) is 36.0 Å². The zero-order chi connectivity index (χ0) is 13.4. The minimum Gasteiger partial charge on any atom is -0.357 e. The second-order valence-electron chi connectivity index (χ2n) is 5.80. The third-order valence-corrected chi connectivity index (χ3v) is 4.32. The molecule has 0 radical (unpaired) electrons. The first-order valence-corrected chi connectivity index (χ1v) is 7.48. The van der Waals surface area contributed by atoms with Gasteiger partial charge in [-0.2, -0.15) is 5.10 Å². The van der Waals surface area contributed by atoms with Gasteiger partial charge in [0.1, 0.15) is 11.6 Å². The van der Waals surface area contributed by atoms with Gasteiger partial charge in [0, 0.05) is 31.1 Å². The fourth-order valence-corrected chi connectivity index (χ4v) is 2.92. The number of piperidine rings is 1. The predicted molar refractivity (Wildman–Crippen MR) is 76.8 cm³/mol. The standard InChI is InChI=1S/C15H19N5/c1-2-8-16-13(3-1)20-9-6-12(7-10-20)15-17-14(18-19-15)11-4-5-11/h1-3,8,11-12H,4-7,9-10H2,(H,17,18,19). The van der Waals surface area contributed by atoms with Crippen LogP contribution in [0.4, 0.5) is 5.82 Å². The SMILES string of the molecule is c1ccc(N2CCC(c3nc(C4CC4)n[nH]3)CC2)nc1. The van der Waals surface area contributed by atoms with Crippen molar-refractivity contribution in [3.8, 4) is 0 Å². The van der Waals surface area contributed by atoms with Crippen LogP contribution in [0.15, 0.2) is 24.4 Å². The molecule has 2 fully saturated rings. The van der Waals surface area contributed by atoms with Gasteiger partial charge in [0.2, 0.25) is 0 Å².